The Hall–Kier alpha value is -5.30. The molecular weight excluding hydrogens is 1200 g/mol. The van der Waals surface area contributed by atoms with Crippen molar-refractivity contribution in [2.24, 2.45) is 0 Å². The molecular formula is C62H52Au2P2+2. The quantitative estimate of drug-likeness (QED) is 0.0490. The van der Waals surface area contributed by atoms with Gasteiger partial charge in [0.15, 0.2) is 0 Å². The van der Waals surface area contributed by atoms with E-state index in [-0.39, 0.29) is 55.1 Å². The number of hydrogen-bond acceptors (Lipinski definition) is 0. The van der Waals surface area contributed by atoms with Crippen molar-refractivity contribution in [2.75, 3.05) is 0 Å². The molecule has 10 rings (SSSR count). The molecule has 0 atom stereocenters. The largest absolute Gasteiger partial charge is 1.00 e. The first-order valence-corrected chi connectivity index (χ1v) is 24.8. The molecule has 0 spiro atoms. The van der Waals surface area contributed by atoms with Gasteiger partial charge in [-0.1, -0.05) is 168 Å². The van der Waals surface area contributed by atoms with Gasteiger partial charge in [0.05, 0.1) is 37.1 Å². The number of hydrogen-bond donors (Lipinski definition) is 0. The molecule has 330 valence electrons. The molecule has 0 radical (unpaired) electrons. The third-order valence-electron chi connectivity index (χ3n) is 12.8. The van der Waals surface area contributed by atoms with E-state index in [2.05, 4.69) is 222 Å². The average molecular weight is 1250 g/mol. The van der Waals surface area contributed by atoms with Crippen LogP contribution in [0.1, 0.15) is 38.8 Å². The molecule has 10 aromatic carbocycles. The van der Waals surface area contributed by atoms with Gasteiger partial charge in [-0.05, 0) is 121 Å². The van der Waals surface area contributed by atoms with E-state index in [4.69, 9.17) is 12.8 Å². The molecule has 0 heterocycles. The third-order valence-corrected chi connectivity index (χ3v) is 20.5. The average Bonchev–Trinajstić information content (AvgIpc) is 3.34. The fourth-order valence-corrected chi connectivity index (χ4v) is 16.6. The molecule has 0 aromatic heterocycles. The third kappa shape index (κ3) is 10.9. The Morgan fingerprint density at radius 3 is 0.818 bits per heavy atom. The molecule has 0 unspecified atom stereocenters. The van der Waals surface area contributed by atoms with Crippen LogP contribution in [0.2, 0.25) is 0 Å². The van der Waals surface area contributed by atoms with Crippen LogP contribution in [0.15, 0.2) is 231 Å². The Morgan fingerprint density at radius 2 is 0.545 bits per heavy atom. The molecule has 0 aliphatic carbocycles. The van der Waals surface area contributed by atoms with Crippen LogP contribution >= 0.6 is 15.8 Å². The Morgan fingerprint density at radius 1 is 0.303 bits per heavy atom. The van der Waals surface area contributed by atoms with Gasteiger partial charge in [-0.2, -0.15) is 0 Å². The maximum atomic E-state index is 7.28. The summed E-state index contributed by atoms with van der Waals surface area (Å²) in [7, 11) is -2.13. The molecule has 66 heavy (non-hydrogen) atoms. The molecule has 0 saturated carbocycles. The van der Waals surface area contributed by atoms with E-state index in [0.29, 0.717) is 0 Å². The number of fused-ring (bicyclic) bond motifs is 4. The second kappa shape index (κ2) is 22.9. The fourth-order valence-electron chi connectivity index (χ4n) is 8.97. The van der Waals surface area contributed by atoms with Crippen LogP contribution in [0.3, 0.4) is 0 Å². The van der Waals surface area contributed by atoms with E-state index in [1.807, 2.05) is 48.5 Å². The number of rotatable bonds is 7. The molecule has 4 heteroatoms. The first kappa shape index (κ1) is 50.1. The van der Waals surface area contributed by atoms with Crippen molar-refractivity contribution in [1.29, 1.82) is 0 Å². The molecule has 0 aliphatic heterocycles. The Bertz CT molecular complexity index is 2940. The summed E-state index contributed by atoms with van der Waals surface area (Å²) < 4.78 is 0. The predicted octanol–water partition coefficient (Wildman–Crippen LogP) is 14.1. The van der Waals surface area contributed by atoms with Crippen molar-refractivity contribution in [3.63, 3.8) is 0 Å². The molecule has 0 amide bonds. The van der Waals surface area contributed by atoms with Gasteiger partial charge in [0.2, 0.25) is 0 Å². The standard InChI is InChI=1S/C30H32P2.2C16H9.2Au/c1-29(2,31(25-17-9-5-10-18-25)26-19-11-6-12-20-26)30(3,4)32(27-21-13-7-14-22-27)28-23-15-8-16-24-28;2*1-2-12-8-5-9-15-10-13-6-3-4-7-14(13)11-16(12)15;;/h5-24H,1-4H3;2*3-11H;;/q;2*-1;2*+1/p+2. The van der Waals surface area contributed by atoms with E-state index >= 15 is 0 Å². The molecule has 0 bridgehead atoms. The maximum absolute atomic E-state index is 7.28. The van der Waals surface area contributed by atoms with Crippen molar-refractivity contribution in [1.82, 2.24) is 0 Å². The minimum atomic E-state index is -1.07. The normalized spacial score (nSPS) is 11.0. The smallest absolute Gasteiger partial charge is 0.366 e. The monoisotopic (exact) mass is 1250 g/mol. The van der Waals surface area contributed by atoms with Crippen molar-refractivity contribution >= 4 is 80.2 Å². The summed E-state index contributed by atoms with van der Waals surface area (Å²) in [5.74, 6) is 4.97. The van der Waals surface area contributed by atoms with Gasteiger partial charge < -0.3 is 12.8 Å². The second-order valence-corrected chi connectivity index (χ2v) is 23.5. The van der Waals surface area contributed by atoms with Gasteiger partial charge >= 0.3 is 44.8 Å². The Labute approximate surface area is 425 Å². The van der Waals surface area contributed by atoms with Gasteiger partial charge in [0, 0.05) is 0 Å². The Kier molecular flexibility index (Phi) is 17.4. The van der Waals surface area contributed by atoms with Crippen molar-refractivity contribution in [3.05, 3.63) is 254 Å². The van der Waals surface area contributed by atoms with Crippen LogP contribution < -0.4 is 21.2 Å². The summed E-state index contributed by atoms with van der Waals surface area (Å²) in [6, 6.07) is 81.9. The van der Waals surface area contributed by atoms with Gasteiger partial charge in [-0.3, -0.25) is 11.8 Å². The first-order valence-electron chi connectivity index (χ1n) is 21.8. The van der Waals surface area contributed by atoms with E-state index in [1.165, 1.54) is 42.8 Å². The minimum Gasteiger partial charge on any atom is -0.366 e. The first-order chi connectivity index (χ1) is 31.2. The van der Waals surface area contributed by atoms with Crippen LogP contribution in [-0.2, 0) is 44.8 Å². The minimum absolute atomic E-state index is 0. The number of benzene rings is 10. The van der Waals surface area contributed by atoms with Crippen LogP contribution in [0.25, 0.3) is 43.1 Å². The molecule has 0 N–H and O–H groups in total. The van der Waals surface area contributed by atoms with Gasteiger partial charge in [0.1, 0.15) is 10.3 Å². The predicted molar refractivity (Wildman–Crippen MR) is 284 cm³/mol. The van der Waals surface area contributed by atoms with Crippen LogP contribution in [-0.4, -0.2) is 10.3 Å². The van der Waals surface area contributed by atoms with E-state index in [1.54, 1.807) is 0 Å². The zero-order chi connectivity index (χ0) is 44.5. The van der Waals surface area contributed by atoms with Crippen LogP contribution in [0, 0.1) is 24.7 Å². The summed E-state index contributed by atoms with van der Waals surface area (Å²) >= 11 is 0. The summed E-state index contributed by atoms with van der Waals surface area (Å²) in [6.07, 6.45) is 14.6. The van der Waals surface area contributed by atoms with Crippen molar-refractivity contribution in [3.8, 4) is 11.8 Å². The van der Waals surface area contributed by atoms with E-state index < -0.39 is 15.8 Å². The van der Waals surface area contributed by atoms with E-state index in [0.717, 1.165) is 32.7 Å². The van der Waals surface area contributed by atoms with Gasteiger partial charge in [-0.25, -0.2) is 0 Å². The van der Waals surface area contributed by atoms with Crippen molar-refractivity contribution < 1.29 is 44.8 Å². The van der Waals surface area contributed by atoms with Crippen LogP contribution in [0.5, 0.6) is 0 Å². The summed E-state index contributed by atoms with van der Waals surface area (Å²) in [5.41, 5.74) is 1.70. The summed E-state index contributed by atoms with van der Waals surface area (Å²) in [4.78, 5) is 0. The molecule has 0 fully saturated rings. The zero-order valence-corrected chi connectivity index (χ0v) is 43.9. The molecule has 0 aliphatic rings. The van der Waals surface area contributed by atoms with Crippen molar-refractivity contribution in [2.45, 2.75) is 38.0 Å². The van der Waals surface area contributed by atoms with Crippen LogP contribution in [0.4, 0.5) is 0 Å². The van der Waals surface area contributed by atoms with Gasteiger partial charge in [0.25, 0.3) is 0 Å². The summed E-state index contributed by atoms with van der Waals surface area (Å²) in [5, 5.41) is 15.5. The fraction of sp³-hybridized carbons (Fsp3) is 0.0968. The summed E-state index contributed by atoms with van der Waals surface area (Å²) in [6.45, 7) is 10.1. The van der Waals surface area contributed by atoms with Gasteiger partial charge in [-0.15, -0.1) is 23.3 Å². The SMILES string of the molecule is CC(C)([PH+](c1ccccc1)c1ccccc1)C(C)(C)[PH+](c1ccccc1)c1ccccc1.[Au+].[Au+].[C-]#Cc1cccc2cc3ccccc3cc12.[C-]#Cc1cccc2cc3ccccc3cc12. The maximum Gasteiger partial charge on any atom is 1.00 e. The molecule has 0 saturated heterocycles. The Balaban J connectivity index is 0.000000177. The second-order valence-electron chi connectivity index (χ2n) is 17.2. The molecule has 0 nitrogen and oxygen atoms in total. The zero-order valence-electron chi connectivity index (χ0n) is 37.5. The topological polar surface area (TPSA) is 0 Å². The van der Waals surface area contributed by atoms with E-state index in [9.17, 15) is 0 Å². The molecule has 10 aromatic rings.